The van der Waals surface area contributed by atoms with Crippen molar-refractivity contribution < 1.29 is 19.0 Å². The van der Waals surface area contributed by atoms with Crippen LogP contribution in [0.15, 0.2) is 47.8 Å². The second kappa shape index (κ2) is 10.5. The maximum atomic E-state index is 12.3. The predicted molar refractivity (Wildman–Crippen MR) is 126 cm³/mol. The molecular weight excluding hydrogens is 432 g/mol. The Labute approximate surface area is 189 Å². The highest BCUT2D eigenvalue weighted by atomic mass is 32.2. The summed E-state index contributed by atoms with van der Waals surface area (Å²) in [6.45, 7) is 3.88. The number of aromatic nitrogens is 1. The lowest BCUT2D eigenvalue weighted by molar-refractivity contribution is -0.113. The average molecular weight is 457 g/mol. The van der Waals surface area contributed by atoms with Gasteiger partial charge in [-0.3, -0.25) is 4.79 Å². The smallest absolute Gasteiger partial charge is 0.234 e. The fourth-order valence-corrected chi connectivity index (χ4v) is 4.70. The first-order valence-corrected chi connectivity index (χ1v) is 12.2. The van der Waals surface area contributed by atoms with Crippen LogP contribution < -0.4 is 19.5 Å². The first kappa shape index (κ1) is 21.5. The molecule has 0 bridgehead atoms. The minimum absolute atomic E-state index is 0.0542. The van der Waals surface area contributed by atoms with Crippen LogP contribution in [0.25, 0.3) is 10.6 Å². The number of anilines is 1. The van der Waals surface area contributed by atoms with Gasteiger partial charge >= 0.3 is 0 Å². The number of amides is 1. The van der Waals surface area contributed by atoms with Gasteiger partial charge in [-0.25, -0.2) is 4.98 Å². The lowest BCUT2D eigenvalue weighted by atomic mass is 10.2. The van der Waals surface area contributed by atoms with E-state index in [1.54, 1.807) is 11.3 Å². The Morgan fingerprint density at radius 1 is 1.16 bits per heavy atom. The summed E-state index contributed by atoms with van der Waals surface area (Å²) in [5.74, 6) is 3.23. The molecule has 1 aliphatic heterocycles. The van der Waals surface area contributed by atoms with Crippen LogP contribution in [-0.4, -0.2) is 36.5 Å². The van der Waals surface area contributed by atoms with Gasteiger partial charge in [0.1, 0.15) is 10.8 Å². The van der Waals surface area contributed by atoms with E-state index in [9.17, 15) is 4.79 Å². The maximum absolute atomic E-state index is 12.3. The monoisotopic (exact) mass is 456 g/mol. The van der Waals surface area contributed by atoms with Crippen molar-refractivity contribution in [2.24, 2.45) is 0 Å². The molecule has 1 aromatic heterocycles. The predicted octanol–water partition coefficient (Wildman–Crippen LogP) is 5.24. The van der Waals surface area contributed by atoms with Crippen molar-refractivity contribution in [1.29, 1.82) is 0 Å². The second-order valence-electron chi connectivity index (χ2n) is 6.85. The SMILES string of the molecule is CCOc1ccc(-c2nc(CSCC(=O)Nc3ccc4c(c3)OCCCO4)cs2)cc1. The molecule has 1 N–H and O–H groups in total. The number of ether oxygens (including phenoxy) is 3. The molecule has 8 heteroatoms. The number of thioether (sulfide) groups is 1. The summed E-state index contributed by atoms with van der Waals surface area (Å²) in [4.78, 5) is 17.0. The zero-order valence-electron chi connectivity index (χ0n) is 17.3. The van der Waals surface area contributed by atoms with Gasteiger partial charge in [-0.1, -0.05) is 0 Å². The lowest BCUT2D eigenvalue weighted by Gasteiger charge is -2.10. The van der Waals surface area contributed by atoms with E-state index in [1.807, 2.05) is 54.8 Å². The highest BCUT2D eigenvalue weighted by molar-refractivity contribution is 7.99. The van der Waals surface area contributed by atoms with Gasteiger partial charge in [-0.05, 0) is 43.3 Å². The van der Waals surface area contributed by atoms with E-state index >= 15 is 0 Å². The molecule has 162 valence electrons. The summed E-state index contributed by atoms with van der Waals surface area (Å²) in [6.07, 6.45) is 0.851. The summed E-state index contributed by atoms with van der Waals surface area (Å²) in [5.41, 5.74) is 2.75. The van der Waals surface area contributed by atoms with Crippen molar-refractivity contribution in [3.05, 3.63) is 53.5 Å². The molecule has 31 heavy (non-hydrogen) atoms. The highest BCUT2D eigenvalue weighted by Gasteiger charge is 2.12. The van der Waals surface area contributed by atoms with Crippen LogP contribution >= 0.6 is 23.1 Å². The third-order valence-electron chi connectivity index (χ3n) is 4.48. The number of thiazole rings is 1. The van der Waals surface area contributed by atoms with Crippen molar-refractivity contribution in [3.8, 4) is 27.8 Å². The number of carbonyl (C=O) groups excluding carboxylic acids is 1. The summed E-state index contributed by atoms with van der Waals surface area (Å²) >= 11 is 3.15. The number of nitrogens with one attached hydrogen (secondary N) is 1. The Morgan fingerprint density at radius 3 is 2.77 bits per heavy atom. The van der Waals surface area contributed by atoms with Crippen LogP contribution in [-0.2, 0) is 10.5 Å². The number of hydrogen-bond donors (Lipinski definition) is 1. The molecule has 0 spiro atoms. The molecule has 1 aliphatic rings. The van der Waals surface area contributed by atoms with Crippen molar-refractivity contribution in [3.63, 3.8) is 0 Å². The van der Waals surface area contributed by atoms with Gasteiger partial charge in [0.15, 0.2) is 11.5 Å². The van der Waals surface area contributed by atoms with Crippen molar-refractivity contribution >= 4 is 34.7 Å². The van der Waals surface area contributed by atoms with Gasteiger partial charge in [0.2, 0.25) is 5.91 Å². The van der Waals surface area contributed by atoms with Gasteiger partial charge < -0.3 is 19.5 Å². The molecule has 0 fully saturated rings. The summed E-state index contributed by atoms with van der Waals surface area (Å²) in [7, 11) is 0. The topological polar surface area (TPSA) is 69.7 Å². The molecule has 0 saturated carbocycles. The number of benzene rings is 2. The zero-order chi connectivity index (χ0) is 21.5. The number of fused-ring (bicyclic) bond motifs is 1. The highest BCUT2D eigenvalue weighted by Crippen LogP contribution is 2.32. The quantitative estimate of drug-likeness (QED) is 0.500. The molecule has 2 heterocycles. The molecule has 0 radical (unpaired) electrons. The van der Waals surface area contributed by atoms with E-state index in [-0.39, 0.29) is 5.91 Å². The van der Waals surface area contributed by atoms with E-state index in [1.165, 1.54) is 11.8 Å². The fourth-order valence-electron chi connectivity index (χ4n) is 3.05. The van der Waals surface area contributed by atoms with Crippen LogP contribution in [0.3, 0.4) is 0 Å². The molecule has 0 atom stereocenters. The molecule has 4 rings (SSSR count). The van der Waals surface area contributed by atoms with Crippen molar-refractivity contribution in [2.75, 3.05) is 30.9 Å². The number of rotatable bonds is 8. The maximum Gasteiger partial charge on any atom is 0.234 e. The number of hydrogen-bond acceptors (Lipinski definition) is 7. The summed E-state index contributed by atoms with van der Waals surface area (Å²) < 4.78 is 16.8. The van der Waals surface area contributed by atoms with Crippen molar-refractivity contribution in [1.82, 2.24) is 4.98 Å². The van der Waals surface area contributed by atoms with Gasteiger partial charge in [0.25, 0.3) is 0 Å². The van der Waals surface area contributed by atoms with Crippen LogP contribution in [0.1, 0.15) is 19.0 Å². The van der Waals surface area contributed by atoms with Crippen LogP contribution in [0.4, 0.5) is 5.69 Å². The Balaban J connectivity index is 1.26. The van der Waals surface area contributed by atoms with E-state index in [0.717, 1.165) is 34.2 Å². The Morgan fingerprint density at radius 2 is 1.97 bits per heavy atom. The molecule has 0 aliphatic carbocycles. The van der Waals surface area contributed by atoms with E-state index in [2.05, 4.69) is 10.3 Å². The van der Waals surface area contributed by atoms with Crippen LogP contribution in [0, 0.1) is 0 Å². The largest absolute Gasteiger partial charge is 0.494 e. The second-order valence-corrected chi connectivity index (χ2v) is 8.70. The molecule has 6 nitrogen and oxygen atoms in total. The Kier molecular flexibility index (Phi) is 7.32. The van der Waals surface area contributed by atoms with Gasteiger partial charge in [-0.15, -0.1) is 23.1 Å². The van der Waals surface area contributed by atoms with Gasteiger partial charge in [0, 0.05) is 34.9 Å². The first-order chi connectivity index (χ1) is 15.2. The van der Waals surface area contributed by atoms with E-state index in [4.69, 9.17) is 14.2 Å². The Hall–Kier alpha value is -2.71. The lowest BCUT2D eigenvalue weighted by Crippen LogP contribution is -2.14. The molecule has 1 amide bonds. The average Bonchev–Trinajstić information content (AvgIpc) is 3.12. The summed E-state index contributed by atoms with van der Waals surface area (Å²) in [5, 5.41) is 5.93. The fraction of sp³-hybridized carbons (Fsp3) is 0.304. The zero-order valence-corrected chi connectivity index (χ0v) is 18.9. The van der Waals surface area contributed by atoms with E-state index in [0.29, 0.717) is 42.8 Å². The van der Waals surface area contributed by atoms with Gasteiger partial charge in [0.05, 0.1) is 31.3 Å². The Bertz CT molecular complexity index is 1020. The first-order valence-electron chi connectivity index (χ1n) is 10.2. The standard InChI is InChI=1S/C23H24N2O4S2/c1-2-27-19-7-4-16(5-8-19)23-25-18(14-31-23)13-30-15-22(26)24-17-6-9-20-21(12-17)29-11-3-10-28-20/h4-9,12,14H,2-3,10-11,13,15H2,1H3,(H,24,26). The third-order valence-corrected chi connectivity index (χ3v) is 6.38. The van der Waals surface area contributed by atoms with Crippen LogP contribution in [0.5, 0.6) is 17.2 Å². The molecule has 2 aromatic carbocycles. The molecule has 3 aromatic rings. The normalized spacial score (nSPS) is 12.8. The number of carbonyl (C=O) groups is 1. The third kappa shape index (κ3) is 5.92. The molecule has 0 saturated heterocycles. The summed E-state index contributed by atoms with van der Waals surface area (Å²) in [6, 6.07) is 13.4. The molecule has 0 unspecified atom stereocenters. The van der Waals surface area contributed by atoms with Crippen LogP contribution in [0.2, 0.25) is 0 Å². The van der Waals surface area contributed by atoms with Crippen molar-refractivity contribution in [2.45, 2.75) is 19.1 Å². The van der Waals surface area contributed by atoms with Gasteiger partial charge in [-0.2, -0.15) is 0 Å². The number of nitrogens with zero attached hydrogens (tertiary/aromatic N) is 1. The van der Waals surface area contributed by atoms with E-state index < -0.39 is 0 Å². The minimum Gasteiger partial charge on any atom is -0.494 e. The minimum atomic E-state index is -0.0542. The molecular formula is C23H24N2O4S2.